The van der Waals surface area contributed by atoms with E-state index in [2.05, 4.69) is 26.9 Å². The van der Waals surface area contributed by atoms with Gasteiger partial charge in [-0.05, 0) is 37.4 Å². The molecule has 0 atom stereocenters. The minimum absolute atomic E-state index is 0.248. The van der Waals surface area contributed by atoms with Crippen molar-refractivity contribution in [3.05, 3.63) is 58.6 Å². The summed E-state index contributed by atoms with van der Waals surface area (Å²) in [6.07, 6.45) is 0. The SMILES string of the molecule is CN1CCN(c2cc3[nH]c(=O)c(-c4nc5ccccc5[nH]4)cc3cc2F)CC1. The van der Waals surface area contributed by atoms with Gasteiger partial charge in [0.05, 0.1) is 27.8 Å². The summed E-state index contributed by atoms with van der Waals surface area (Å²) >= 11 is 0. The van der Waals surface area contributed by atoms with E-state index in [-0.39, 0.29) is 11.4 Å². The summed E-state index contributed by atoms with van der Waals surface area (Å²) in [6, 6.07) is 12.5. The van der Waals surface area contributed by atoms with Crippen LogP contribution >= 0.6 is 0 Å². The summed E-state index contributed by atoms with van der Waals surface area (Å²) in [7, 11) is 2.06. The molecule has 5 rings (SSSR count). The molecule has 0 unspecified atom stereocenters. The quantitative estimate of drug-likeness (QED) is 0.564. The van der Waals surface area contributed by atoms with Crippen LogP contribution in [0, 0.1) is 5.82 Å². The molecule has 0 spiro atoms. The minimum atomic E-state index is -0.278. The number of benzene rings is 2. The zero-order valence-electron chi connectivity index (χ0n) is 15.5. The summed E-state index contributed by atoms with van der Waals surface area (Å²) in [4.78, 5) is 27.5. The normalized spacial score (nSPS) is 15.6. The molecule has 4 aromatic rings. The lowest BCUT2D eigenvalue weighted by molar-refractivity contribution is 0.312. The van der Waals surface area contributed by atoms with Gasteiger partial charge in [-0.2, -0.15) is 0 Å². The third kappa shape index (κ3) is 2.84. The monoisotopic (exact) mass is 377 g/mol. The molecule has 1 aliphatic heterocycles. The Morgan fingerprint density at radius 2 is 1.79 bits per heavy atom. The minimum Gasteiger partial charge on any atom is -0.367 e. The first-order chi connectivity index (χ1) is 13.6. The number of hydrogen-bond donors (Lipinski definition) is 2. The Balaban J connectivity index is 1.59. The van der Waals surface area contributed by atoms with E-state index in [9.17, 15) is 9.18 Å². The molecule has 2 aromatic carbocycles. The number of fused-ring (bicyclic) bond motifs is 2. The molecular weight excluding hydrogens is 357 g/mol. The number of H-pyrrole nitrogens is 2. The van der Waals surface area contributed by atoms with Crippen molar-refractivity contribution in [2.75, 3.05) is 38.1 Å². The van der Waals surface area contributed by atoms with Crippen LogP contribution in [0.1, 0.15) is 0 Å². The molecule has 1 aliphatic rings. The molecule has 3 heterocycles. The number of likely N-dealkylation sites (N-methyl/N-ethyl adjacent to an activating group) is 1. The van der Waals surface area contributed by atoms with Crippen molar-refractivity contribution in [2.45, 2.75) is 0 Å². The molecule has 0 radical (unpaired) electrons. The Morgan fingerprint density at radius 1 is 1.00 bits per heavy atom. The molecule has 6 nitrogen and oxygen atoms in total. The van der Waals surface area contributed by atoms with Crippen LogP contribution in [-0.2, 0) is 0 Å². The van der Waals surface area contributed by atoms with Crippen molar-refractivity contribution in [1.29, 1.82) is 0 Å². The molecule has 1 fully saturated rings. The molecule has 0 saturated carbocycles. The summed E-state index contributed by atoms with van der Waals surface area (Å²) in [5, 5.41) is 0.644. The maximum absolute atomic E-state index is 14.8. The number of piperazine rings is 1. The van der Waals surface area contributed by atoms with Crippen molar-refractivity contribution < 1.29 is 4.39 Å². The van der Waals surface area contributed by atoms with Crippen molar-refractivity contribution in [1.82, 2.24) is 19.9 Å². The number of nitrogens with zero attached hydrogens (tertiary/aromatic N) is 3. The average Bonchev–Trinajstić information content (AvgIpc) is 3.12. The van der Waals surface area contributed by atoms with Crippen molar-refractivity contribution in [3.63, 3.8) is 0 Å². The molecule has 28 heavy (non-hydrogen) atoms. The van der Waals surface area contributed by atoms with Crippen LogP contribution < -0.4 is 10.5 Å². The molecule has 0 aliphatic carbocycles. The van der Waals surface area contributed by atoms with Crippen LogP contribution in [0.25, 0.3) is 33.3 Å². The van der Waals surface area contributed by atoms with Crippen molar-refractivity contribution >= 4 is 27.6 Å². The highest BCUT2D eigenvalue weighted by Crippen LogP contribution is 2.27. The number of nitrogens with one attached hydrogen (secondary N) is 2. The second-order valence-corrected chi connectivity index (χ2v) is 7.30. The molecule has 7 heteroatoms. The second kappa shape index (κ2) is 6.45. The highest BCUT2D eigenvalue weighted by molar-refractivity contribution is 5.87. The Labute approximate surface area is 160 Å². The first-order valence-corrected chi connectivity index (χ1v) is 9.34. The topological polar surface area (TPSA) is 68.0 Å². The highest BCUT2D eigenvalue weighted by atomic mass is 19.1. The van der Waals surface area contributed by atoms with Gasteiger partial charge in [-0.15, -0.1) is 0 Å². The fourth-order valence-electron chi connectivity index (χ4n) is 3.76. The van der Waals surface area contributed by atoms with Gasteiger partial charge in [0.2, 0.25) is 0 Å². The number of aromatic nitrogens is 3. The van der Waals surface area contributed by atoms with Gasteiger partial charge in [-0.3, -0.25) is 4.79 Å². The van der Waals surface area contributed by atoms with Gasteiger partial charge in [0.1, 0.15) is 11.6 Å². The number of hydrogen-bond acceptors (Lipinski definition) is 4. The zero-order valence-corrected chi connectivity index (χ0v) is 15.5. The first kappa shape index (κ1) is 16.9. The lowest BCUT2D eigenvalue weighted by Crippen LogP contribution is -2.44. The number of halogens is 1. The molecule has 142 valence electrons. The first-order valence-electron chi connectivity index (χ1n) is 9.34. The lowest BCUT2D eigenvalue weighted by Gasteiger charge is -2.34. The zero-order chi connectivity index (χ0) is 19.3. The summed E-state index contributed by atoms with van der Waals surface area (Å²) in [5.74, 6) is 0.201. The number of para-hydroxylation sites is 2. The van der Waals surface area contributed by atoms with E-state index in [1.807, 2.05) is 29.2 Å². The van der Waals surface area contributed by atoms with E-state index >= 15 is 0 Å². The van der Waals surface area contributed by atoms with Gasteiger partial charge < -0.3 is 19.8 Å². The fraction of sp³-hybridized carbons (Fsp3) is 0.238. The van der Waals surface area contributed by atoms with E-state index in [4.69, 9.17) is 0 Å². The van der Waals surface area contributed by atoms with Gasteiger partial charge in [0, 0.05) is 31.6 Å². The number of imidazole rings is 1. The molecule has 2 aromatic heterocycles. The standard InChI is InChI=1S/C21H20FN5O/c1-26-6-8-27(9-7-26)19-12-18-13(11-15(19)22)10-14(21(28)25-18)20-23-16-4-2-3-5-17(16)24-20/h2-5,10-12H,6-9H2,1H3,(H,23,24)(H,25,28). The van der Waals surface area contributed by atoms with Gasteiger partial charge in [-0.1, -0.05) is 12.1 Å². The highest BCUT2D eigenvalue weighted by Gasteiger charge is 2.19. The summed E-state index contributed by atoms with van der Waals surface area (Å²) < 4.78 is 14.8. The summed E-state index contributed by atoms with van der Waals surface area (Å²) in [5.41, 5.74) is 2.95. The van der Waals surface area contributed by atoms with Crippen LogP contribution in [-0.4, -0.2) is 53.1 Å². The van der Waals surface area contributed by atoms with Crippen molar-refractivity contribution in [3.8, 4) is 11.4 Å². The maximum atomic E-state index is 14.8. The molecule has 1 saturated heterocycles. The number of aromatic amines is 2. The third-order valence-corrected chi connectivity index (χ3v) is 5.40. The predicted octanol–water partition coefficient (Wildman–Crippen LogP) is 2.96. The molecule has 0 bridgehead atoms. The Morgan fingerprint density at radius 3 is 2.57 bits per heavy atom. The predicted molar refractivity (Wildman–Crippen MR) is 109 cm³/mol. The van der Waals surface area contributed by atoms with Gasteiger partial charge in [0.25, 0.3) is 5.56 Å². The second-order valence-electron chi connectivity index (χ2n) is 7.30. The van der Waals surface area contributed by atoms with E-state index in [1.54, 1.807) is 12.1 Å². The third-order valence-electron chi connectivity index (χ3n) is 5.40. The van der Waals surface area contributed by atoms with Crippen LogP contribution in [0.3, 0.4) is 0 Å². The van der Waals surface area contributed by atoms with E-state index < -0.39 is 0 Å². The smallest absolute Gasteiger partial charge is 0.259 e. The van der Waals surface area contributed by atoms with Gasteiger partial charge in [0.15, 0.2) is 0 Å². The van der Waals surface area contributed by atoms with Gasteiger partial charge in [-0.25, -0.2) is 9.37 Å². The van der Waals surface area contributed by atoms with E-state index in [0.717, 1.165) is 37.2 Å². The van der Waals surface area contributed by atoms with E-state index in [0.29, 0.717) is 28.0 Å². The molecule has 2 N–H and O–H groups in total. The summed E-state index contributed by atoms with van der Waals surface area (Å²) in [6.45, 7) is 3.30. The van der Waals surface area contributed by atoms with Crippen LogP contribution in [0.2, 0.25) is 0 Å². The van der Waals surface area contributed by atoms with Gasteiger partial charge >= 0.3 is 0 Å². The molecule has 0 amide bonds. The Kier molecular flexibility index (Phi) is 3.91. The number of anilines is 1. The largest absolute Gasteiger partial charge is 0.367 e. The average molecular weight is 377 g/mol. The number of rotatable bonds is 2. The van der Waals surface area contributed by atoms with Crippen LogP contribution in [0.5, 0.6) is 0 Å². The molecular formula is C21H20FN5O. The van der Waals surface area contributed by atoms with Crippen LogP contribution in [0.15, 0.2) is 47.3 Å². The maximum Gasteiger partial charge on any atom is 0.259 e. The van der Waals surface area contributed by atoms with Crippen molar-refractivity contribution in [2.24, 2.45) is 0 Å². The lowest BCUT2D eigenvalue weighted by atomic mass is 10.1. The van der Waals surface area contributed by atoms with E-state index in [1.165, 1.54) is 6.07 Å². The Bertz CT molecular complexity index is 1200. The number of pyridine rings is 1. The fourth-order valence-corrected chi connectivity index (χ4v) is 3.76. The Hall–Kier alpha value is -3.19. The van der Waals surface area contributed by atoms with Crippen LogP contribution in [0.4, 0.5) is 10.1 Å².